The van der Waals surface area contributed by atoms with Crippen LogP contribution in [0.5, 0.6) is 0 Å². The van der Waals surface area contributed by atoms with Gasteiger partial charge in [-0.25, -0.2) is 0 Å². The molecule has 2 saturated carbocycles. The standard InChI is InChI=1S/C13H22O/c1-9-5-7-13(4)8-6-10(14)11(13)12(9,2)3/h9,11H,5-8H2,1-4H3/t9-,11+,13+/m1/s1. The van der Waals surface area contributed by atoms with E-state index in [4.69, 9.17) is 0 Å². The van der Waals surface area contributed by atoms with Crippen molar-refractivity contribution in [3.63, 3.8) is 0 Å². The van der Waals surface area contributed by atoms with E-state index in [-0.39, 0.29) is 5.41 Å². The molecule has 2 aliphatic carbocycles. The highest BCUT2D eigenvalue weighted by Crippen LogP contribution is 2.59. The molecule has 2 aliphatic rings. The zero-order valence-electron chi connectivity index (χ0n) is 9.89. The van der Waals surface area contributed by atoms with Crippen LogP contribution < -0.4 is 0 Å². The van der Waals surface area contributed by atoms with Crippen molar-refractivity contribution in [1.82, 2.24) is 0 Å². The molecule has 14 heavy (non-hydrogen) atoms. The summed E-state index contributed by atoms with van der Waals surface area (Å²) in [6, 6.07) is 0. The summed E-state index contributed by atoms with van der Waals surface area (Å²) < 4.78 is 0. The normalized spacial score (nSPS) is 46.4. The third-order valence-corrected chi connectivity index (χ3v) is 5.12. The molecule has 2 fully saturated rings. The van der Waals surface area contributed by atoms with Crippen molar-refractivity contribution in [2.24, 2.45) is 22.7 Å². The molecule has 0 heterocycles. The lowest BCUT2D eigenvalue weighted by Crippen LogP contribution is -2.46. The summed E-state index contributed by atoms with van der Waals surface area (Å²) >= 11 is 0. The summed E-state index contributed by atoms with van der Waals surface area (Å²) in [5.41, 5.74) is 0.549. The van der Waals surface area contributed by atoms with Crippen molar-refractivity contribution in [2.45, 2.75) is 53.4 Å². The van der Waals surface area contributed by atoms with E-state index in [1.165, 1.54) is 12.8 Å². The molecule has 0 amide bonds. The van der Waals surface area contributed by atoms with Crippen LogP contribution in [-0.4, -0.2) is 5.78 Å². The minimum absolute atomic E-state index is 0.223. The van der Waals surface area contributed by atoms with E-state index in [1.807, 2.05) is 0 Å². The molecule has 80 valence electrons. The molecule has 0 spiro atoms. The Morgan fingerprint density at radius 2 is 1.86 bits per heavy atom. The smallest absolute Gasteiger partial charge is 0.137 e. The van der Waals surface area contributed by atoms with Gasteiger partial charge in [0, 0.05) is 12.3 Å². The first-order chi connectivity index (χ1) is 6.38. The number of carbonyl (C=O) groups is 1. The number of fused-ring (bicyclic) bond motifs is 1. The fourth-order valence-corrected chi connectivity index (χ4v) is 3.87. The van der Waals surface area contributed by atoms with Crippen molar-refractivity contribution < 1.29 is 4.79 Å². The van der Waals surface area contributed by atoms with Gasteiger partial charge in [0.2, 0.25) is 0 Å². The lowest BCUT2D eigenvalue weighted by molar-refractivity contribution is -0.131. The zero-order valence-corrected chi connectivity index (χ0v) is 9.89. The second-order valence-corrected chi connectivity index (χ2v) is 6.31. The van der Waals surface area contributed by atoms with Crippen LogP contribution in [0, 0.1) is 22.7 Å². The number of Topliss-reactive ketones (excluding diaryl/α,β-unsaturated/α-hetero) is 1. The maximum Gasteiger partial charge on any atom is 0.137 e. The average molecular weight is 194 g/mol. The Morgan fingerprint density at radius 1 is 1.21 bits per heavy atom. The third kappa shape index (κ3) is 1.17. The van der Waals surface area contributed by atoms with Crippen LogP contribution in [0.15, 0.2) is 0 Å². The van der Waals surface area contributed by atoms with Gasteiger partial charge in [0.15, 0.2) is 0 Å². The summed E-state index contributed by atoms with van der Waals surface area (Å²) in [6.07, 6.45) is 4.52. The van der Waals surface area contributed by atoms with Gasteiger partial charge in [-0.15, -0.1) is 0 Å². The highest BCUT2D eigenvalue weighted by atomic mass is 16.1. The number of hydrogen-bond donors (Lipinski definition) is 0. The van der Waals surface area contributed by atoms with Gasteiger partial charge in [-0.2, -0.15) is 0 Å². The van der Waals surface area contributed by atoms with Crippen LogP contribution >= 0.6 is 0 Å². The number of carbonyl (C=O) groups excluding carboxylic acids is 1. The predicted molar refractivity (Wildman–Crippen MR) is 58.0 cm³/mol. The molecule has 0 aliphatic heterocycles. The van der Waals surface area contributed by atoms with Crippen LogP contribution in [0.25, 0.3) is 0 Å². The Morgan fingerprint density at radius 3 is 2.50 bits per heavy atom. The van der Waals surface area contributed by atoms with Crippen molar-refractivity contribution in [1.29, 1.82) is 0 Å². The summed E-state index contributed by atoms with van der Waals surface area (Å²) in [7, 11) is 0. The van der Waals surface area contributed by atoms with Crippen molar-refractivity contribution >= 4 is 5.78 Å². The molecule has 0 unspecified atom stereocenters. The van der Waals surface area contributed by atoms with E-state index in [0.717, 1.165) is 12.8 Å². The molecule has 1 heteroatoms. The van der Waals surface area contributed by atoms with Gasteiger partial charge in [0.05, 0.1) is 0 Å². The third-order valence-electron chi connectivity index (χ3n) is 5.12. The van der Waals surface area contributed by atoms with Crippen molar-refractivity contribution in [3.05, 3.63) is 0 Å². The molecule has 0 aromatic heterocycles. The van der Waals surface area contributed by atoms with E-state index in [1.54, 1.807) is 0 Å². The van der Waals surface area contributed by atoms with Gasteiger partial charge in [-0.1, -0.05) is 27.7 Å². The summed E-state index contributed by atoms with van der Waals surface area (Å²) in [4.78, 5) is 12.0. The van der Waals surface area contributed by atoms with Gasteiger partial charge in [-0.3, -0.25) is 4.79 Å². The van der Waals surface area contributed by atoms with Crippen LogP contribution in [0.1, 0.15) is 53.4 Å². The number of rotatable bonds is 0. The largest absolute Gasteiger partial charge is 0.299 e. The summed E-state index contributed by atoms with van der Waals surface area (Å²) in [5, 5.41) is 0. The average Bonchev–Trinajstić information content (AvgIpc) is 2.38. The van der Waals surface area contributed by atoms with Crippen LogP contribution in [-0.2, 0) is 4.79 Å². The monoisotopic (exact) mass is 194 g/mol. The molecule has 0 aromatic rings. The number of hydrogen-bond acceptors (Lipinski definition) is 1. The van der Waals surface area contributed by atoms with Gasteiger partial charge < -0.3 is 0 Å². The lowest BCUT2D eigenvalue weighted by Gasteiger charge is -2.50. The van der Waals surface area contributed by atoms with Gasteiger partial charge in [0.25, 0.3) is 0 Å². The highest BCUT2D eigenvalue weighted by molar-refractivity contribution is 5.85. The van der Waals surface area contributed by atoms with E-state index in [9.17, 15) is 4.79 Å². The maximum atomic E-state index is 12.0. The summed E-state index contributed by atoms with van der Waals surface area (Å²) in [6.45, 7) is 9.23. The van der Waals surface area contributed by atoms with Gasteiger partial charge >= 0.3 is 0 Å². The summed E-state index contributed by atoms with van der Waals surface area (Å²) in [5.74, 6) is 1.56. The second kappa shape index (κ2) is 2.84. The molecular weight excluding hydrogens is 172 g/mol. The molecule has 2 rings (SSSR count). The van der Waals surface area contributed by atoms with Crippen LogP contribution in [0.2, 0.25) is 0 Å². The molecule has 0 radical (unpaired) electrons. The molecule has 0 bridgehead atoms. The minimum Gasteiger partial charge on any atom is -0.299 e. The highest BCUT2D eigenvalue weighted by Gasteiger charge is 2.55. The minimum atomic E-state index is 0.223. The van der Waals surface area contributed by atoms with Crippen LogP contribution in [0.4, 0.5) is 0 Å². The Labute approximate surface area is 87.3 Å². The van der Waals surface area contributed by atoms with E-state index >= 15 is 0 Å². The quantitative estimate of drug-likeness (QED) is 0.577. The zero-order chi connectivity index (χ0) is 10.6. The van der Waals surface area contributed by atoms with Gasteiger partial charge in [-0.05, 0) is 36.0 Å². The Kier molecular flexibility index (Phi) is 2.06. The van der Waals surface area contributed by atoms with Crippen LogP contribution in [0.3, 0.4) is 0 Å². The Hall–Kier alpha value is -0.330. The maximum absolute atomic E-state index is 12.0. The molecular formula is C13H22O. The fraction of sp³-hybridized carbons (Fsp3) is 0.923. The molecule has 0 N–H and O–H groups in total. The first-order valence-electron chi connectivity index (χ1n) is 5.91. The second-order valence-electron chi connectivity index (χ2n) is 6.31. The lowest BCUT2D eigenvalue weighted by atomic mass is 9.54. The van der Waals surface area contributed by atoms with Crippen molar-refractivity contribution in [2.75, 3.05) is 0 Å². The molecule has 3 atom stereocenters. The van der Waals surface area contributed by atoms with Gasteiger partial charge in [0.1, 0.15) is 5.78 Å². The number of ketones is 1. The molecule has 0 aromatic carbocycles. The Bertz CT molecular complexity index is 266. The van der Waals surface area contributed by atoms with Crippen molar-refractivity contribution in [3.8, 4) is 0 Å². The fourth-order valence-electron chi connectivity index (χ4n) is 3.87. The van der Waals surface area contributed by atoms with E-state index < -0.39 is 0 Å². The SMILES string of the molecule is C[C@@H]1CC[C@@]2(C)CCC(=O)[C@H]2C1(C)C. The predicted octanol–water partition coefficient (Wildman–Crippen LogP) is 3.43. The molecule has 0 saturated heterocycles. The van der Waals surface area contributed by atoms with E-state index in [2.05, 4.69) is 27.7 Å². The first kappa shape index (κ1) is 10.2. The van der Waals surface area contributed by atoms with E-state index in [0.29, 0.717) is 23.0 Å². The first-order valence-corrected chi connectivity index (χ1v) is 5.91. The Balaban J connectivity index is 2.38. The topological polar surface area (TPSA) is 17.1 Å². The molecule has 1 nitrogen and oxygen atoms in total.